The number of hydrogen-bond donors (Lipinski definition) is 1. The van der Waals surface area contributed by atoms with E-state index in [0.717, 1.165) is 5.56 Å². The first kappa shape index (κ1) is 12.7. The number of hydrogen-bond acceptors (Lipinski definition) is 4. The molecule has 2 rings (SSSR count). The lowest BCUT2D eigenvalue weighted by Gasteiger charge is -2.16. The van der Waals surface area contributed by atoms with Gasteiger partial charge in [0.1, 0.15) is 5.56 Å². The van der Waals surface area contributed by atoms with Crippen LogP contribution in [0.4, 0.5) is 5.69 Å². The van der Waals surface area contributed by atoms with Crippen molar-refractivity contribution >= 4 is 11.6 Å². The van der Waals surface area contributed by atoms with E-state index < -0.39 is 10.8 Å². The molecule has 0 aliphatic rings. The molecule has 1 N–H and O–H groups in total. The van der Waals surface area contributed by atoms with Gasteiger partial charge in [-0.15, -0.1) is 0 Å². The molecule has 0 radical (unpaired) electrons. The lowest BCUT2D eigenvalue weighted by atomic mass is 10.1. The van der Waals surface area contributed by atoms with Gasteiger partial charge in [0.2, 0.25) is 0 Å². The maximum absolute atomic E-state index is 12.2. The van der Waals surface area contributed by atoms with Gasteiger partial charge in [0.15, 0.2) is 0 Å². The minimum Gasteiger partial charge on any atom is -0.337 e. The molecule has 1 heterocycles. The molecule has 98 valence electrons. The zero-order valence-electron chi connectivity index (χ0n) is 10.2. The average Bonchev–Trinajstić information content (AvgIpc) is 2.90. The van der Waals surface area contributed by atoms with Crippen LogP contribution < -0.4 is 0 Å². The molecule has 7 heteroatoms. The lowest BCUT2D eigenvalue weighted by molar-refractivity contribution is -0.385. The van der Waals surface area contributed by atoms with Crippen molar-refractivity contribution in [2.75, 3.05) is 7.05 Å². The predicted octanol–water partition coefficient (Wildman–Crippen LogP) is 1.59. The fraction of sp³-hybridized carbons (Fsp3) is 0.167. The normalized spacial score (nSPS) is 10.2. The van der Waals surface area contributed by atoms with Gasteiger partial charge in [-0.25, -0.2) is 0 Å². The zero-order valence-corrected chi connectivity index (χ0v) is 10.2. The third-order valence-corrected chi connectivity index (χ3v) is 2.65. The number of nitro benzene ring substituents is 1. The summed E-state index contributed by atoms with van der Waals surface area (Å²) in [6.45, 7) is 0.335. The van der Waals surface area contributed by atoms with Crippen LogP contribution in [0.15, 0.2) is 36.7 Å². The molecule has 7 nitrogen and oxygen atoms in total. The molecule has 19 heavy (non-hydrogen) atoms. The second-order valence-electron chi connectivity index (χ2n) is 4.04. The Morgan fingerprint density at radius 2 is 2.21 bits per heavy atom. The number of nitro groups is 1. The summed E-state index contributed by atoms with van der Waals surface area (Å²) < 4.78 is 0. The molecule has 0 saturated heterocycles. The number of rotatable bonds is 4. The van der Waals surface area contributed by atoms with Crippen molar-refractivity contribution in [3.8, 4) is 0 Å². The van der Waals surface area contributed by atoms with E-state index in [1.54, 1.807) is 25.5 Å². The van der Waals surface area contributed by atoms with Crippen LogP contribution in [-0.2, 0) is 6.54 Å². The molecule has 0 saturated carbocycles. The Morgan fingerprint density at radius 3 is 2.84 bits per heavy atom. The van der Waals surface area contributed by atoms with Crippen molar-refractivity contribution in [3.63, 3.8) is 0 Å². The summed E-state index contributed by atoms with van der Waals surface area (Å²) in [5.74, 6) is -0.395. The Labute approximate surface area is 109 Å². The quantitative estimate of drug-likeness (QED) is 0.667. The van der Waals surface area contributed by atoms with Gasteiger partial charge in [0.25, 0.3) is 11.6 Å². The number of benzene rings is 1. The molecule has 0 spiro atoms. The molecule has 0 atom stereocenters. The highest BCUT2D eigenvalue weighted by molar-refractivity contribution is 5.97. The summed E-state index contributed by atoms with van der Waals surface area (Å²) >= 11 is 0. The van der Waals surface area contributed by atoms with Crippen LogP contribution >= 0.6 is 0 Å². The summed E-state index contributed by atoms with van der Waals surface area (Å²) in [6, 6.07) is 5.90. The molecule has 0 fully saturated rings. The summed E-state index contributed by atoms with van der Waals surface area (Å²) in [5.41, 5.74) is 0.722. The van der Waals surface area contributed by atoms with Crippen LogP contribution in [0.1, 0.15) is 15.9 Å². The highest BCUT2D eigenvalue weighted by Crippen LogP contribution is 2.19. The van der Waals surface area contributed by atoms with E-state index in [2.05, 4.69) is 10.2 Å². The number of amides is 1. The SMILES string of the molecule is CN(Cc1cn[nH]c1)C(=O)c1ccccc1[N+](=O)[O-]. The largest absolute Gasteiger partial charge is 0.337 e. The van der Waals surface area contributed by atoms with Crippen LogP contribution in [0.25, 0.3) is 0 Å². The lowest BCUT2D eigenvalue weighted by Crippen LogP contribution is -2.26. The molecule has 0 unspecified atom stereocenters. The molecular weight excluding hydrogens is 248 g/mol. The van der Waals surface area contributed by atoms with E-state index in [0.29, 0.717) is 6.54 Å². The number of nitrogens with one attached hydrogen (secondary N) is 1. The van der Waals surface area contributed by atoms with Gasteiger partial charge in [-0.2, -0.15) is 5.10 Å². The van der Waals surface area contributed by atoms with E-state index in [4.69, 9.17) is 0 Å². The Kier molecular flexibility index (Phi) is 3.56. The van der Waals surface area contributed by atoms with Crippen molar-refractivity contribution in [2.24, 2.45) is 0 Å². The van der Waals surface area contributed by atoms with E-state index in [1.807, 2.05) is 0 Å². The Morgan fingerprint density at radius 1 is 1.47 bits per heavy atom. The van der Waals surface area contributed by atoms with Gasteiger partial charge in [0, 0.05) is 31.4 Å². The second-order valence-corrected chi connectivity index (χ2v) is 4.04. The monoisotopic (exact) mass is 260 g/mol. The van der Waals surface area contributed by atoms with Crippen LogP contribution in [0, 0.1) is 10.1 Å². The summed E-state index contributed by atoms with van der Waals surface area (Å²) in [6.07, 6.45) is 3.27. The number of carbonyl (C=O) groups is 1. The topological polar surface area (TPSA) is 92.1 Å². The molecule has 1 amide bonds. The highest BCUT2D eigenvalue weighted by atomic mass is 16.6. The minimum absolute atomic E-state index is 0.0819. The van der Waals surface area contributed by atoms with Crippen molar-refractivity contribution in [1.29, 1.82) is 0 Å². The summed E-state index contributed by atoms with van der Waals surface area (Å²) in [4.78, 5) is 23.9. The van der Waals surface area contributed by atoms with Gasteiger partial charge in [-0.1, -0.05) is 12.1 Å². The van der Waals surface area contributed by atoms with Gasteiger partial charge in [0.05, 0.1) is 11.1 Å². The first-order chi connectivity index (χ1) is 9.09. The van der Waals surface area contributed by atoms with E-state index in [1.165, 1.54) is 23.1 Å². The third kappa shape index (κ3) is 2.76. The predicted molar refractivity (Wildman–Crippen MR) is 67.5 cm³/mol. The van der Waals surface area contributed by atoms with Crippen molar-refractivity contribution < 1.29 is 9.72 Å². The van der Waals surface area contributed by atoms with Crippen LogP contribution in [0.5, 0.6) is 0 Å². The molecule has 0 aliphatic heterocycles. The molecule has 1 aromatic heterocycles. The smallest absolute Gasteiger partial charge is 0.282 e. The number of carbonyl (C=O) groups excluding carboxylic acids is 1. The second kappa shape index (κ2) is 5.30. The first-order valence-electron chi connectivity index (χ1n) is 5.56. The first-order valence-corrected chi connectivity index (χ1v) is 5.56. The third-order valence-electron chi connectivity index (χ3n) is 2.65. The van der Waals surface area contributed by atoms with Crippen molar-refractivity contribution in [1.82, 2.24) is 15.1 Å². The molecular formula is C12H12N4O3. The van der Waals surface area contributed by atoms with Crippen LogP contribution in [-0.4, -0.2) is 33.0 Å². The molecule has 0 aliphatic carbocycles. The Hall–Kier alpha value is -2.70. The molecule has 2 aromatic rings. The fourth-order valence-corrected chi connectivity index (χ4v) is 1.73. The number of H-pyrrole nitrogens is 1. The molecule has 0 bridgehead atoms. The highest BCUT2D eigenvalue weighted by Gasteiger charge is 2.22. The van der Waals surface area contributed by atoms with E-state index in [9.17, 15) is 14.9 Å². The number of nitrogens with zero attached hydrogens (tertiary/aromatic N) is 3. The number of para-hydroxylation sites is 1. The van der Waals surface area contributed by atoms with Gasteiger partial charge >= 0.3 is 0 Å². The average molecular weight is 260 g/mol. The maximum Gasteiger partial charge on any atom is 0.282 e. The minimum atomic E-state index is -0.557. The van der Waals surface area contributed by atoms with Crippen molar-refractivity contribution in [2.45, 2.75) is 6.54 Å². The number of aromatic amines is 1. The van der Waals surface area contributed by atoms with E-state index in [-0.39, 0.29) is 11.3 Å². The maximum atomic E-state index is 12.2. The van der Waals surface area contributed by atoms with Crippen LogP contribution in [0.2, 0.25) is 0 Å². The van der Waals surface area contributed by atoms with E-state index >= 15 is 0 Å². The van der Waals surface area contributed by atoms with Crippen molar-refractivity contribution in [3.05, 3.63) is 57.9 Å². The van der Waals surface area contributed by atoms with Gasteiger partial charge < -0.3 is 4.90 Å². The Bertz CT molecular complexity index is 595. The number of aromatic nitrogens is 2. The summed E-state index contributed by atoms with van der Waals surface area (Å²) in [5, 5.41) is 17.3. The summed E-state index contributed by atoms with van der Waals surface area (Å²) in [7, 11) is 1.59. The van der Waals surface area contributed by atoms with Gasteiger partial charge in [-0.05, 0) is 6.07 Å². The standard InChI is InChI=1S/C12H12N4O3/c1-15(8-9-6-13-14-7-9)12(17)10-4-2-3-5-11(10)16(18)19/h2-7H,8H2,1H3,(H,13,14). The zero-order chi connectivity index (χ0) is 13.8. The Balaban J connectivity index is 2.22. The van der Waals surface area contributed by atoms with Gasteiger partial charge in [-0.3, -0.25) is 20.0 Å². The fourth-order valence-electron chi connectivity index (χ4n) is 1.73. The molecule has 1 aromatic carbocycles. The van der Waals surface area contributed by atoms with Crippen LogP contribution in [0.3, 0.4) is 0 Å².